The molecule has 1 aromatic rings. The third-order valence-corrected chi connectivity index (χ3v) is 5.07. The van der Waals surface area contributed by atoms with E-state index in [1.54, 1.807) is 0 Å². The molecule has 1 heterocycles. The molecule has 25 heavy (non-hydrogen) atoms. The number of carbonyl (C=O) groups is 2. The SMILES string of the molecule is CC(C)N(Cc1ccccc1)C(=O)C1CC1C(=O)NCC1CCCO1. The predicted molar refractivity (Wildman–Crippen MR) is 95.7 cm³/mol. The Morgan fingerprint density at radius 1 is 1.24 bits per heavy atom. The quantitative estimate of drug-likeness (QED) is 0.826. The fourth-order valence-corrected chi connectivity index (χ4v) is 3.42. The average Bonchev–Trinajstić information content (AvgIpc) is 3.25. The van der Waals surface area contributed by atoms with Gasteiger partial charge >= 0.3 is 0 Å². The van der Waals surface area contributed by atoms with Gasteiger partial charge in [0.05, 0.1) is 17.9 Å². The van der Waals surface area contributed by atoms with Crippen LogP contribution in [0.25, 0.3) is 0 Å². The number of ether oxygens (including phenoxy) is 1. The van der Waals surface area contributed by atoms with Crippen LogP contribution in [0.5, 0.6) is 0 Å². The fourth-order valence-electron chi connectivity index (χ4n) is 3.42. The van der Waals surface area contributed by atoms with Gasteiger partial charge in [0.15, 0.2) is 0 Å². The molecule has 3 atom stereocenters. The van der Waals surface area contributed by atoms with Gasteiger partial charge in [0.2, 0.25) is 11.8 Å². The third kappa shape index (κ3) is 4.60. The standard InChI is InChI=1S/C20H28N2O3/c1-14(2)22(13-15-7-4-3-5-8-15)20(24)18-11-17(18)19(23)21-12-16-9-6-10-25-16/h3-5,7-8,14,16-18H,6,9-13H2,1-2H3,(H,21,23). The summed E-state index contributed by atoms with van der Waals surface area (Å²) in [5.41, 5.74) is 1.12. The van der Waals surface area contributed by atoms with Crippen LogP contribution in [0.2, 0.25) is 0 Å². The maximum Gasteiger partial charge on any atom is 0.227 e. The van der Waals surface area contributed by atoms with Gasteiger partial charge in [-0.3, -0.25) is 9.59 Å². The van der Waals surface area contributed by atoms with Crippen molar-refractivity contribution in [1.82, 2.24) is 10.2 Å². The number of hydrogen-bond donors (Lipinski definition) is 1. The number of rotatable bonds is 7. The van der Waals surface area contributed by atoms with Crippen molar-refractivity contribution >= 4 is 11.8 Å². The van der Waals surface area contributed by atoms with Gasteiger partial charge in [0, 0.05) is 25.7 Å². The average molecular weight is 344 g/mol. The summed E-state index contributed by atoms with van der Waals surface area (Å²) < 4.78 is 5.52. The van der Waals surface area contributed by atoms with Gasteiger partial charge in [-0.05, 0) is 38.7 Å². The summed E-state index contributed by atoms with van der Waals surface area (Å²) in [6.45, 7) is 5.99. The highest BCUT2D eigenvalue weighted by atomic mass is 16.5. The second-order valence-electron chi connectivity index (χ2n) is 7.37. The number of benzene rings is 1. The Morgan fingerprint density at radius 3 is 2.64 bits per heavy atom. The minimum atomic E-state index is -0.175. The van der Waals surface area contributed by atoms with Gasteiger partial charge in [-0.25, -0.2) is 0 Å². The Bertz CT molecular complexity index is 596. The van der Waals surface area contributed by atoms with E-state index in [9.17, 15) is 9.59 Å². The lowest BCUT2D eigenvalue weighted by Gasteiger charge is -2.27. The minimum absolute atomic E-state index is 0.00253. The second-order valence-corrected chi connectivity index (χ2v) is 7.37. The number of carbonyl (C=O) groups excluding carboxylic acids is 2. The molecule has 1 saturated carbocycles. The summed E-state index contributed by atoms with van der Waals surface area (Å²) in [4.78, 5) is 27.0. The highest BCUT2D eigenvalue weighted by Gasteiger charge is 2.49. The van der Waals surface area contributed by atoms with Gasteiger partial charge in [-0.15, -0.1) is 0 Å². The Hall–Kier alpha value is -1.88. The van der Waals surface area contributed by atoms with E-state index in [-0.39, 0.29) is 35.8 Å². The van der Waals surface area contributed by atoms with Crippen molar-refractivity contribution in [1.29, 1.82) is 0 Å². The van der Waals surface area contributed by atoms with Gasteiger partial charge in [-0.1, -0.05) is 30.3 Å². The van der Waals surface area contributed by atoms with E-state index in [1.807, 2.05) is 49.1 Å². The molecule has 1 aliphatic carbocycles. The van der Waals surface area contributed by atoms with Crippen LogP contribution < -0.4 is 5.32 Å². The molecule has 0 spiro atoms. The first-order valence-electron chi connectivity index (χ1n) is 9.30. The Labute approximate surface area is 149 Å². The van der Waals surface area contributed by atoms with E-state index < -0.39 is 0 Å². The molecule has 3 unspecified atom stereocenters. The Kier molecular flexibility index (Phi) is 5.74. The smallest absolute Gasteiger partial charge is 0.227 e. The third-order valence-electron chi connectivity index (χ3n) is 5.07. The first kappa shape index (κ1) is 17.9. The molecular weight excluding hydrogens is 316 g/mol. The topological polar surface area (TPSA) is 58.6 Å². The van der Waals surface area contributed by atoms with E-state index >= 15 is 0 Å². The normalized spacial score (nSPS) is 25.0. The molecule has 1 aromatic carbocycles. The first-order valence-corrected chi connectivity index (χ1v) is 9.30. The van der Waals surface area contributed by atoms with Crippen molar-refractivity contribution < 1.29 is 14.3 Å². The lowest BCUT2D eigenvalue weighted by molar-refractivity contribution is -0.137. The van der Waals surface area contributed by atoms with E-state index in [1.165, 1.54) is 0 Å². The summed E-state index contributed by atoms with van der Waals surface area (Å²) in [6, 6.07) is 10.1. The largest absolute Gasteiger partial charge is 0.376 e. The van der Waals surface area contributed by atoms with E-state index in [4.69, 9.17) is 4.74 Å². The molecule has 1 N–H and O–H groups in total. The predicted octanol–water partition coefficient (Wildman–Crippen LogP) is 2.35. The monoisotopic (exact) mass is 344 g/mol. The molecule has 5 nitrogen and oxygen atoms in total. The van der Waals surface area contributed by atoms with Crippen LogP contribution >= 0.6 is 0 Å². The molecule has 136 valence electrons. The van der Waals surface area contributed by atoms with Crippen LogP contribution in [0.1, 0.15) is 38.7 Å². The summed E-state index contributed by atoms with van der Waals surface area (Å²) in [5, 5.41) is 2.95. The van der Waals surface area contributed by atoms with Crippen LogP contribution in [-0.2, 0) is 20.9 Å². The number of hydrogen-bond acceptors (Lipinski definition) is 3. The molecular formula is C20H28N2O3. The summed E-state index contributed by atoms with van der Waals surface area (Å²) in [6.07, 6.45) is 2.87. The summed E-state index contributed by atoms with van der Waals surface area (Å²) >= 11 is 0. The molecule has 3 rings (SSSR count). The van der Waals surface area contributed by atoms with Crippen molar-refractivity contribution in [2.45, 2.75) is 51.8 Å². The second kappa shape index (κ2) is 8.00. The van der Waals surface area contributed by atoms with Crippen LogP contribution in [0.4, 0.5) is 0 Å². The van der Waals surface area contributed by atoms with E-state index in [2.05, 4.69) is 5.32 Å². The zero-order valence-electron chi connectivity index (χ0n) is 15.1. The lowest BCUT2D eigenvalue weighted by atomic mass is 10.1. The van der Waals surface area contributed by atoms with Gasteiger partial charge in [0.25, 0.3) is 0 Å². The van der Waals surface area contributed by atoms with Crippen molar-refractivity contribution in [2.24, 2.45) is 11.8 Å². The lowest BCUT2D eigenvalue weighted by Crippen LogP contribution is -2.39. The van der Waals surface area contributed by atoms with Gasteiger partial charge in [0.1, 0.15) is 0 Å². The van der Waals surface area contributed by atoms with Crippen LogP contribution in [0.3, 0.4) is 0 Å². The minimum Gasteiger partial charge on any atom is -0.376 e. The maximum atomic E-state index is 12.8. The Morgan fingerprint density at radius 2 is 2.00 bits per heavy atom. The zero-order valence-corrected chi connectivity index (χ0v) is 15.1. The van der Waals surface area contributed by atoms with E-state index in [0.717, 1.165) is 25.0 Å². The Balaban J connectivity index is 1.52. The van der Waals surface area contributed by atoms with Crippen molar-refractivity contribution in [3.8, 4) is 0 Å². The van der Waals surface area contributed by atoms with Crippen LogP contribution in [-0.4, -0.2) is 42.0 Å². The van der Waals surface area contributed by atoms with Crippen molar-refractivity contribution in [3.63, 3.8) is 0 Å². The molecule has 2 amide bonds. The van der Waals surface area contributed by atoms with Gasteiger partial charge in [-0.2, -0.15) is 0 Å². The maximum absolute atomic E-state index is 12.8. The van der Waals surface area contributed by atoms with Crippen molar-refractivity contribution in [2.75, 3.05) is 13.2 Å². The van der Waals surface area contributed by atoms with E-state index in [0.29, 0.717) is 19.5 Å². The number of nitrogens with zero attached hydrogens (tertiary/aromatic N) is 1. The summed E-state index contributed by atoms with van der Waals surface area (Å²) in [5.74, 6) is -0.255. The molecule has 5 heteroatoms. The molecule has 0 aromatic heterocycles. The molecule has 1 saturated heterocycles. The zero-order chi connectivity index (χ0) is 17.8. The molecule has 0 radical (unpaired) electrons. The molecule has 1 aliphatic heterocycles. The summed E-state index contributed by atoms with van der Waals surface area (Å²) in [7, 11) is 0. The highest BCUT2D eigenvalue weighted by molar-refractivity contribution is 5.92. The first-order chi connectivity index (χ1) is 12.1. The van der Waals surface area contributed by atoms with Gasteiger partial charge < -0.3 is 15.0 Å². The van der Waals surface area contributed by atoms with Crippen LogP contribution in [0, 0.1) is 11.8 Å². The highest BCUT2D eigenvalue weighted by Crippen LogP contribution is 2.40. The fraction of sp³-hybridized carbons (Fsp3) is 0.600. The molecule has 0 bridgehead atoms. The molecule has 2 fully saturated rings. The van der Waals surface area contributed by atoms with Crippen LogP contribution in [0.15, 0.2) is 30.3 Å². The van der Waals surface area contributed by atoms with Crippen molar-refractivity contribution in [3.05, 3.63) is 35.9 Å². The number of nitrogens with one attached hydrogen (secondary N) is 1. The number of amides is 2. The molecule has 2 aliphatic rings.